The first-order chi connectivity index (χ1) is 24.3. The minimum atomic E-state index is -1.59. The quantitative estimate of drug-likeness (QED) is 0.0304. The third-order valence-electron chi connectivity index (χ3n) is 9.40. The van der Waals surface area contributed by atoms with Gasteiger partial charge in [-0.25, -0.2) is 0 Å². The van der Waals surface area contributed by atoms with Crippen LogP contribution < -0.4 is 0 Å². The van der Waals surface area contributed by atoms with Gasteiger partial charge in [0.2, 0.25) is 0 Å². The predicted molar refractivity (Wildman–Crippen MR) is 196 cm³/mol. The van der Waals surface area contributed by atoms with Crippen LogP contribution in [0.3, 0.4) is 0 Å². The highest BCUT2D eigenvalue weighted by molar-refractivity contribution is 5.70. The molecule has 294 valence electrons. The number of aliphatic hydroxyl groups is 4. The largest absolute Gasteiger partial charge is 0.462 e. The van der Waals surface area contributed by atoms with Crippen LogP contribution in [0.25, 0.3) is 0 Å². The molecule has 1 heterocycles. The maximum absolute atomic E-state index is 12.7. The Morgan fingerprint density at radius 1 is 0.600 bits per heavy atom. The lowest BCUT2D eigenvalue weighted by Crippen LogP contribution is -2.59. The smallest absolute Gasteiger partial charge is 0.306 e. The SMILES string of the molecule is CCCCCCCCCCC/C=C/CCCCC(=O)OC[C@@H](CO[C@H]1O[C@@H](CO)[C@@H](O)C(O)C1O)OC(=O)CCCCCCCCCCCC. The summed E-state index contributed by atoms with van der Waals surface area (Å²) in [5, 5.41) is 39.9. The Morgan fingerprint density at radius 2 is 1.06 bits per heavy atom. The second-order valence-corrected chi connectivity index (χ2v) is 14.1. The zero-order valence-electron chi connectivity index (χ0n) is 31.7. The van der Waals surface area contributed by atoms with Gasteiger partial charge >= 0.3 is 11.9 Å². The van der Waals surface area contributed by atoms with Crippen LogP contribution in [0.15, 0.2) is 12.2 Å². The van der Waals surface area contributed by atoms with Crippen molar-refractivity contribution >= 4 is 11.9 Å². The number of hydrogen-bond donors (Lipinski definition) is 4. The van der Waals surface area contributed by atoms with E-state index in [4.69, 9.17) is 18.9 Å². The highest BCUT2D eigenvalue weighted by Gasteiger charge is 2.44. The number of rotatable bonds is 33. The predicted octanol–water partition coefficient (Wildman–Crippen LogP) is 7.61. The van der Waals surface area contributed by atoms with E-state index in [1.807, 2.05) is 0 Å². The number of aliphatic hydroxyl groups excluding tert-OH is 4. The Kier molecular flexibility index (Phi) is 29.8. The molecule has 1 aliphatic heterocycles. The molecule has 0 aromatic rings. The number of esters is 2. The maximum atomic E-state index is 12.7. The normalized spacial score (nSPS) is 21.4. The summed E-state index contributed by atoms with van der Waals surface area (Å²) >= 11 is 0. The Labute approximate surface area is 303 Å². The molecule has 0 aromatic heterocycles. The van der Waals surface area contributed by atoms with Crippen molar-refractivity contribution in [3.8, 4) is 0 Å². The minimum absolute atomic E-state index is 0.224. The van der Waals surface area contributed by atoms with Gasteiger partial charge in [-0.1, -0.05) is 135 Å². The topological polar surface area (TPSA) is 152 Å². The molecule has 0 spiro atoms. The third-order valence-corrected chi connectivity index (χ3v) is 9.40. The molecule has 1 saturated heterocycles. The zero-order chi connectivity index (χ0) is 36.7. The summed E-state index contributed by atoms with van der Waals surface area (Å²) in [6.45, 7) is 3.38. The number of allylic oxidation sites excluding steroid dienone is 2. The van der Waals surface area contributed by atoms with E-state index in [0.29, 0.717) is 12.8 Å². The van der Waals surface area contributed by atoms with Crippen LogP contribution in [0.2, 0.25) is 0 Å². The van der Waals surface area contributed by atoms with Gasteiger partial charge in [0.1, 0.15) is 31.0 Å². The summed E-state index contributed by atoms with van der Waals surface area (Å²) in [5.74, 6) is -0.829. The van der Waals surface area contributed by atoms with E-state index >= 15 is 0 Å². The molecule has 1 aliphatic rings. The van der Waals surface area contributed by atoms with Crippen LogP contribution in [0, 0.1) is 0 Å². The molecule has 1 fully saturated rings. The molecule has 0 bridgehead atoms. The van der Waals surface area contributed by atoms with Crippen LogP contribution in [0.1, 0.15) is 174 Å². The zero-order valence-corrected chi connectivity index (χ0v) is 31.7. The van der Waals surface area contributed by atoms with Crippen molar-refractivity contribution in [1.82, 2.24) is 0 Å². The molecule has 0 aliphatic carbocycles. The van der Waals surface area contributed by atoms with E-state index in [-0.39, 0.29) is 26.1 Å². The highest BCUT2D eigenvalue weighted by atomic mass is 16.7. The van der Waals surface area contributed by atoms with E-state index < -0.39 is 55.4 Å². The van der Waals surface area contributed by atoms with E-state index in [1.54, 1.807) is 0 Å². The van der Waals surface area contributed by atoms with Crippen molar-refractivity contribution in [2.45, 2.75) is 211 Å². The summed E-state index contributed by atoms with van der Waals surface area (Å²) in [6, 6.07) is 0. The van der Waals surface area contributed by atoms with Crippen LogP contribution in [0.4, 0.5) is 0 Å². The van der Waals surface area contributed by atoms with Crippen molar-refractivity contribution in [2.24, 2.45) is 0 Å². The third kappa shape index (κ3) is 23.8. The summed E-state index contributed by atoms with van der Waals surface area (Å²) in [6.07, 6.45) is 23.7. The molecular weight excluding hydrogens is 640 g/mol. The van der Waals surface area contributed by atoms with Gasteiger partial charge in [-0.15, -0.1) is 0 Å². The molecule has 0 amide bonds. The average Bonchev–Trinajstić information content (AvgIpc) is 3.11. The minimum Gasteiger partial charge on any atom is -0.462 e. The standard InChI is InChI=1S/C40H74O10/c1-3-5-7-9-11-13-15-16-17-18-19-21-22-24-26-28-35(42)47-31-33(32-48-40-39(46)38(45)37(44)34(30-41)50-40)49-36(43)29-27-25-23-20-14-12-10-8-6-4-2/h19,21,33-34,37-41,44-46H,3-18,20,22-32H2,1-2H3/b21-19+/t33-,34-,37+,38?,39?,40-/m0/s1. The van der Waals surface area contributed by atoms with E-state index in [0.717, 1.165) is 38.5 Å². The summed E-state index contributed by atoms with van der Waals surface area (Å²) in [7, 11) is 0. The van der Waals surface area contributed by atoms with Gasteiger partial charge in [-0.05, 0) is 38.5 Å². The molecular formula is C40H74O10. The molecule has 0 saturated carbocycles. The summed E-state index contributed by atoms with van der Waals surface area (Å²) in [4.78, 5) is 25.1. The maximum Gasteiger partial charge on any atom is 0.306 e. The van der Waals surface area contributed by atoms with E-state index in [2.05, 4.69) is 26.0 Å². The lowest BCUT2D eigenvalue weighted by atomic mass is 9.99. The van der Waals surface area contributed by atoms with Gasteiger partial charge in [0.05, 0.1) is 13.2 Å². The summed E-state index contributed by atoms with van der Waals surface area (Å²) in [5.41, 5.74) is 0. The number of unbranched alkanes of at least 4 members (excludes halogenated alkanes) is 20. The molecule has 1 rings (SSSR count). The first kappa shape index (κ1) is 46.5. The van der Waals surface area contributed by atoms with Gasteiger partial charge in [-0.3, -0.25) is 9.59 Å². The van der Waals surface area contributed by atoms with Crippen molar-refractivity contribution in [3.05, 3.63) is 12.2 Å². The fraction of sp³-hybridized carbons (Fsp3) is 0.900. The Morgan fingerprint density at radius 3 is 1.60 bits per heavy atom. The van der Waals surface area contributed by atoms with Gasteiger partial charge in [0.15, 0.2) is 12.4 Å². The Hall–Kier alpha value is -1.56. The Bertz CT molecular complexity index is 835. The van der Waals surface area contributed by atoms with Crippen LogP contribution >= 0.6 is 0 Å². The second-order valence-electron chi connectivity index (χ2n) is 14.1. The lowest BCUT2D eigenvalue weighted by Gasteiger charge is -2.39. The average molecular weight is 715 g/mol. The second kappa shape index (κ2) is 32.1. The molecule has 50 heavy (non-hydrogen) atoms. The van der Waals surface area contributed by atoms with Crippen molar-refractivity contribution < 1.29 is 49.0 Å². The molecule has 0 aromatic carbocycles. The molecule has 0 radical (unpaired) electrons. The van der Waals surface area contributed by atoms with E-state index in [1.165, 1.54) is 96.3 Å². The number of hydrogen-bond acceptors (Lipinski definition) is 10. The number of carbonyl (C=O) groups excluding carboxylic acids is 2. The first-order valence-electron chi connectivity index (χ1n) is 20.3. The van der Waals surface area contributed by atoms with Crippen LogP contribution in [-0.4, -0.2) is 89.0 Å². The monoisotopic (exact) mass is 715 g/mol. The van der Waals surface area contributed by atoms with E-state index in [9.17, 15) is 30.0 Å². The fourth-order valence-electron chi connectivity index (χ4n) is 6.12. The van der Waals surface area contributed by atoms with Crippen molar-refractivity contribution in [1.29, 1.82) is 0 Å². The van der Waals surface area contributed by atoms with Crippen molar-refractivity contribution in [2.75, 3.05) is 19.8 Å². The van der Waals surface area contributed by atoms with Gasteiger partial charge < -0.3 is 39.4 Å². The van der Waals surface area contributed by atoms with Crippen molar-refractivity contribution in [3.63, 3.8) is 0 Å². The van der Waals surface area contributed by atoms with Gasteiger partial charge in [-0.2, -0.15) is 0 Å². The fourth-order valence-corrected chi connectivity index (χ4v) is 6.12. The molecule has 10 nitrogen and oxygen atoms in total. The molecule has 10 heteroatoms. The van der Waals surface area contributed by atoms with Crippen LogP contribution in [-0.2, 0) is 28.5 Å². The number of carbonyl (C=O) groups is 2. The highest BCUT2D eigenvalue weighted by Crippen LogP contribution is 2.22. The Balaban J connectivity index is 2.37. The van der Waals surface area contributed by atoms with Crippen LogP contribution in [0.5, 0.6) is 0 Å². The lowest BCUT2D eigenvalue weighted by molar-refractivity contribution is -0.305. The molecule has 4 N–H and O–H groups in total. The van der Waals surface area contributed by atoms with Gasteiger partial charge in [0, 0.05) is 12.8 Å². The number of ether oxygens (including phenoxy) is 4. The molecule has 2 unspecified atom stereocenters. The molecule has 6 atom stereocenters. The summed E-state index contributed by atoms with van der Waals surface area (Å²) < 4.78 is 22.0. The van der Waals surface area contributed by atoms with Gasteiger partial charge in [0.25, 0.3) is 0 Å². The first-order valence-corrected chi connectivity index (χ1v) is 20.3.